The van der Waals surface area contributed by atoms with Gasteiger partial charge in [0.05, 0.1) is 6.61 Å². The van der Waals surface area contributed by atoms with Crippen LogP contribution in [-0.4, -0.2) is 41.9 Å². The van der Waals surface area contributed by atoms with Gasteiger partial charge in [-0.3, -0.25) is 9.59 Å². The molecule has 0 saturated heterocycles. The molecule has 42 heavy (non-hydrogen) atoms. The number of phenolic OH excluding ortho intramolecular Hbond substituents is 1. The zero-order chi connectivity index (χ0) is 29.7. The summed E-state index contributed by atoms with van der Waals surface area (Å²) in [5, 5.41) is 10.2. The van der Waals surface area contributed by atoms with Gasteiger partial charge in [0, 0.05) is 31.8 Å². The minimum absolute atomic E-state index is 0.228. The fraction of sp³-hybridized carbons (Fsp3) is 0.622. The molecule has 2 saturated carbocycles. The first-order chi connectivity index (χ1) is 20.3. The number of rotatable bonds is 13. The molecular weight excluding hydrogens is 522 g/mol. The smallest absolute Gasteiger partial charge is 0.222 e. The maximum absolute atomic E-state index is 13.2. The third kappa shape index (κ3) is 6.55. The van der Waals surface area contributed by atoms with Crippen LogP contribution >= 0.6 is 0 Å². The molecule has 5 atom stereocenters. The molecule has 0 heterocycles. The molecule has 2 aromatic carbocycles. The number of benzene rings is 2. The molecule has 0 bridgehead atoms. The monoisotopic (exact) mass is 573 g/mol. The van der Waals surface area contributed by atoms with Crippen LogP contribution in [0.4, 0.5) is 0 Å². The van der Waals surface area contributed by atoms with Crippen LogP contribution in [0.2, 0.25) is 0 Å². The van der Waals surface area contributed by atoms with Crippen LogP contribution in [0.3, 0.4) is 0 Å². The van der Waals surface area contributed by atoms with E-state index in [9.17, 15) is 14.7 Å². The predicted molar refractivity (Wildman–Crippen MR) is 168 cm³/mol. The Morgan fingerprint density at radius 3 is 2.55 bits per heavy atom. The minimum Gasteiger partial charge on any atom is -0.508 e. The summed E-state index contributed by atoms with van der Waals surface area (Å²) in [4.78, 5) is 27.2. The summed E-state index contributed by atoms with van der Waals surface area (Å²) >= 11 is 0. The van der Waals surface area contributed by atoms with E-state index in [1.54, 1.807) is 0 Å². The van der Waals surface area contributed by atoms with Crippen molar-refractivity contribution in [2.75, 3.05) is 20.2 Å². The number of carbonyl (C=O) groups excluding carboxylic acids is 2. The SMILES string of the molecule is CCCCN(C)C(=O)CCCCCCCOc1ccc([C@H]2C[C@]3(C)C(=O)CC[C@H]3[C@@H]3CCc4cc(O)ccc4[C@H]32)cc1. The third-order valence-electron chi connectivity index (χ3n) is 10.8. The van der Waals surface area contributed by atoms with E-state index in [1.165, 1.54) is 16.7 Å². The van der Waals surface area contributed by atoms with E-state index in [0.29, 0.717) is 42.3 Å². The first-order valence-electron chi connectivity index (χ1n) is 16.6. The molecule has 0 aromatic heterocycles. The zero-order valence-corrected chi connectivity index (χ0v) is 26.1. The number of ketones is 1. The molecule has 3 aliphatic carbocycles. The Balaban J connectivity index is 1.14. The molecule has 3 aliphatic rings. The van der Waals surface area contributed by atoms with Gasteiger partial charge in [-0.15, -0.1) is 0 Å². The van der Waals surface area contributed by atoms with Gasteiger partial charge in [-0.25, -0.2) is 0 Å². The van der Waals surface area contributed by atoms with Crippen LogP contribution in [0.5, 0.6) is 11.5 Å². The molecule has 1 N–H and O–H groups in total. The molecule has 0 spiro atoms. The summed E-state index contributed by atoms with van der Waals surface area (Å²) < 4.78 is 6.10. The second-order valence-electron chi connectivity index (χ2n) is 13.5. The van der Waals surface area contributed by atoms with Crippen LogP contribution in [0.25, 0.3) is 0 Å². The molecule has 2 aromatic rings. The summed E-state index contributed by atoms with van der Waals surface area (Å²) in [6.45, 7) is 5.97. The number of Topliss-reactive ketones (excluding diaryl/α,β-unsaturated/α-hetero) is 1. The maximum Gasteiger partial charge on any atom is 0.222 e. The second kappa shape index (κ2) is 13.7. The maximum atomic E-state index is 13.2. The first kappa shape index (κ1) is 30.6. The highest BCUT2D eigenvalue weighted by atomic mass is 16.5. The summed E-state index contributed by atoms with van der Waals surface area (Å²) in [6.07, 6.45) is 12.9. The van der Waals surface area contributed by atoms with Gasteiger partial charge in [-0.2, -0.15) is 0 Å². The van der Waals surface area contributed by atoms with E-state index in [4.69, 9.17) is 4.74 Å². The average Bonchev–Trinajstić information content (AvgIpc) is 3.30. The van der Waals surface area contributed by atoms with Gasteiger partial charge in [0.15, 0.2) is 0 Å². The molecule has 0 radical (unpaired) electrons. The van der Waals surface area contributed by atoms with Crippen LogP contribution in [0, 0.1) is 17.3 Å². The van der Waals surface area contributed by atoms with Crippen LogP contribution in [-0.2, 0) is 16.0 Å². The molecule has 0 unspecified atom stereocenters. The lowest BCUT2D eigenvalue weighted by Crippen LogP contribution is -2.45. The van der Waals surface area contributed by atoms with Crippen molar-refractivity contribution in [1.29, 1.82) is 0 Å². The van der Waals surface area contributed by atoms with Gasteiger partial charge in [-0.1, -0.05) is 57.7 Å². The predicted octanol–water partition coefficient (Wildman–Crippen LogP) is 8.19. The van der Waals surface area contributed by atoms with Crippen LogP contribution in [0.1, 0.15) is 119 Å². The van der Waals surface area contributed by atoms with Crippen molar-refractivity contribution in [3.05, 3.63) is 59.2 Å². The highest BCUT2D eigenvalue weighted by molar-refractivity contribution is 5.87. The molecular formula is C37H51NO4. The largest absolute Gasteiger partial charge is 0.508 e. The van der Waals surface area contributed by atoms with Crippen molar-refractivity contribution in [3.8, 4) is 11.5 Å². The van der Waals surface area contributed by atoms with Gasteiger partial charge in [0.1, 0.15) is 17.3 Å². The lowest BCUT2D eigenvalue weighted by atomic mass is 9.51. The molecule has 228 valence electrons. The molecule has 0 aliphatic heterocycles. The summed E-state index contributed by atoms with van der Waals surface area (Å²) in [5.74, 6) is 3.63. The topological polar surface area (TPSA) is 66.8 Å². The van der Waals surface area contributed by atoms with Crippen molar-refractivity contribution in [2.24, 2.45) is 17.3 Å². The van der Waals surface area contributed by atoms with Crippen LogP contribution in [0.15, 0.2) is 42.5 Å². The molecule has 2 fully saturated rings. The van der Waals surface area contributed by atoms with E-state index >= 15 is 0 Å². The number of hydrogen-bond acceptors (Lipinski definition) is 4. The Morgan fingerprint density at radius 2 is 1.76 bits per heavy atom. The summed E-state index contributed by atoms with van der Waals surface area (Å²) in [6, 6.07) is 14.6. The molecule has 5 rings (SSSR count). The molecule has 5 heteroatoms. The number of aryl methyl sites for hydroxylation is 1. The summed E-state index contributed by atoms with van der Waals surface area (Å²) in [5.41, 5.74) is 3.73. The lowest BCUT2D eigenvalue weighted by Gasteiger charge is -2.52. The van der Waals surface area contributed by atoms with Crippen molar-refractivity contribution >= 4 is 11.7 Å². The summed E-state index contributed by atoms with van der Waals surface area (Å²) in [7, 11) is 1.92. The Bertz CT molecular complexity index is 1220. The normalized spacial score (nSPS) is 26.3. The van der Waals surface area contributed by atoms with Gasteiger partial charge in [-0.05, 0) is 110 Å². The quantitative estimate of drug-likeness (QED) is 0.245. The van der Waals surface area contributed by atoms with Crippen molar-refractivity contribution in [2.45, 2.75) is 109 Å². The van der Waals surface area contributed by atoms with E-state index in [1.807, 2.05) is 24.1 Å². The van der Waals surface area contributed by atoms with Crippen molar-refractivity contribution in [3.63, 3.8) is 0 Å². The van der Waals surface area contributed by atoms with E-state index in [-0.39, 0.29) is 17.2 Å². The lowest BCUT2D eigenvalue weighted by molar-refractivity contribution is -0.130. The van der Waals surface area contributed by atoms with Crippen molar-refractivity contribution in [1.82, 2.24) is 4.90 Å². The number of nitrogens with zero attached hydrogens (tertiary/aromatic N) is 1. The van der Waals surface area contributed by atoms with Gasteiger partial charge in [0.25, 0.3) is 0 Å². The van der Waals surface area contributed by atoms with Crippen LogP contribution < -0.4 is 4.74 Å². The van der Waals surface area contributed by atoms with Gasteiger partial charge < -0.3 is 14.7 Å². The van der Waals surface area contributed by atoms with E-state index in [2.05, 4.69) is 44.2 Å². The number of unbranched alkanes of at least 4 members (excludes halogenated alkanes) is 5. The first-order valence-corrected chi connectivity index (χ1v) is 16.6. The number of ether oxygens (including phenoxy) is 1. The minimum atomic E-state index is -0.228. The Morgan fingerprint density at radius 1 is 1.00 bits per heavy atom. The average molecular weight is 574 g/mol. The highest BCUT2D eigenvalue weighted by Gasteiger charge is 2.57. The number of carbonyl (C=O) groups is 2. The number of aromatic hydroxyl groups is 1. The molecule has 1 amide bonds. The van der Waals surface area contributed by atoms with E-state index < -0.39 is 0 Å². The highest BCUT2D eigenvalue weighted by Crippen LogP contribution is 2.64. The van der Waals surface area contributed by atoms with E-state index in [0.717, 1.165) is 89.3 Å². The zero-order valence-electron chi connectivity index (χ0n) is 26.1. The Labute approximate surface area is 253 Å². The Hall–Kier alpha value is -2.82. The van der Waals surface area contributed by atoms with Crippen molar-refractivity contribution < 1.29 is 19.4 Å². The fourth-order valence-corrected chi connectivity index (χ4v) is 8.41. The van der Waals surface area contributed by atoms with Gasteiger partial charge in [0.2, 0.25) is 5.91 Å². The molecule has 5 nitrogen and oxygen atoms in total. The van der Waals surface area contributed by atoms with Gasteiger partial charge >= 0.3 is 0 Å². The second-order valence-corrected chi connectivity index (χ2v) is 13.5. The number of hydrogen-bond donors (Lipinski definition) is 1. The number of fused-ring (bicyclic) bond motifs is 5. The standard InChI is InChI=1S/C37H51NO4/c1-4-5-22-38(3)35(41)11-9-7-6-8-10-23-42-29-16-12-26(13-17-29)32-25-37(2)33(20-21-34(37)40)31-18-14-27-24-28(39)15-19-30(27)36(31)32/h12-13,15-17,19,24,31-33,36,39H,4-11,14,18,20-23,25H2,1-3H3/t31-,32+,33-,36+,37-/m0/s1. The third-order valence-corrected chi connectivity index (χ3v) is 10.8. The fourth-order valence-electron chi connectivity index (χ4n) is 8.41. The number of amides is 1. The Kier molecular flexibility index (Phi) is 9.96. The number of phenols is 1.